The Bertz CT molecular complexity index is 422. The van der Waals surface area contributed by atoms with E-state index in [1.54, 1.807) is 11.3 Å². The quantitative estimate of drug-likeness (QED) is 0.812. The zero-order valence-corrected chi connectivity index (χ0v) is 13.1. The van der Waals surface area contributed by atoms with Gasteiger partial charge < -0.3 is 20.3 Å². The third kappa shape index (κ3) is 3.58. The Hall–Kier alpha value is -0.950. The van der Waals surface area contributed by atoms with Crippen molar-refractivity contribution in [3.05, 3.63) is 22.4 Å². The predicted octanol–water partition coefficient (Wildman–Crippen LogP) is 0.701. The predicted molar refractivity (Wildman–Crippen MR) is 80.9 cm³/mol. The summed E-state index contributed by atoms with van der Waals surface area (Å²) in [6, 6.07) is 4.49. The molecule has 112 valence electrons. The minimum Gasteiger partial charge on any atom is -0.379 e. The van der Waals surface area contributed by atoms with Crippen molar-refractivity contribution in [3.8, 4) is 0 Å². The summed E-state index contributed by atoms with van der Waals surface area (Å²) >= 11 is 1.72. The van der Waals surface area contributed by atoms with Gasteiger partial charge in [-0.2, -0.15) is 0 Å². The number of likely N-dealkylation sites (N-methyl/N-ethyl adjacent to an activating group) is 2. The maximum absolute atomic E-state index is 12.3. The molecule has 1 aliphatic rings. The Morgan fingerprint density at radius 3 is 2.95 bits per heavy atom. The highest BCUT2D eigenvalue weighted by Gasteiger charge is 2.33. The monoisotopic (exact) mass is 297 g/mol. The van der Waals surface area contributed by atoms with E-state index in [9.17, 15) is 4.79 Å². The van der Waals surface area contributed by atoms with Crippen molar-refractivity contribution in [2.45, 2.75) is 12.1 Å². The van der Waals surface area contributed by atoms with Gasteiger partial charge in [0.1, 0.15) is 0 Å². The highest BCUT2D eigenvalue weighted by atomic mass is 32.1. The molecule has 1 aromatic rings. The van der Waals surface area contributed by atoms with Crippen LogP contribution in [0.3, 0.4) is 0 Å². The molecule has 1 saturated heterocycles. The number of carbonyl (C=O) groups is 1. The van der Waals surface area contributed by atoms with Crippen LogP contribution in [0.15, 0.2) is 17.5 Å². The van der Waals surface area contributed by atoms with Crippen LogP contribution in [0.5, 0.6) is 0 Å². The molecule has 1 fully saturated rings. The van der Waals surface area contributed by atoms with Gasteiger partial charge in [-0.25, -0.2) is 0 Å². The highest BCUT2D eigenvalue weighted by molar-refractivity contribution is 7.10. The first-order valence-corrected chi connectivity index (χ1v) is 7.74. The second kappa shape index (κ2) is 7.17. The fourth-order valence-electron chi connectivity index (χ4n) is 2.44. The molecule has 2 heterocycles. The zero-order valence-electron chi connectivity index (χ0n) is 12.3. The van der Waals surface area contributed by atoms with Crippen molar-refractivity contribution in [1.82, 2.24) is 15.5 Å². The summed E-state index contributed by atoms with van der Waals surface area (Å²) in [4.78, 5) is 15.7. The van der Waals surface area contributed by atoms with Crippen LogP contribution in [0, 0.1) is 5.92 Å². The molecule has 3 atom stereocenters. The van der Waals surface area contributed by atoms with Crippen molar-refractivity contribution in [2.24, 2.45) is 5.92 Å². The molecule has 20 heavy (non-hydrogen) atoms. The Morgan fingerprint density at radius 1 is 1.55 bits per heavy atom. The van der Waals surface area contributed by atoms with E-state index in [1.807, 2.05) is 27.2 Å². The van der Waals surface area contributed by atoms with Crippen molar-refractivity contribution < 1.29 is 9.53 Å². The molecule has 0 aromatic carbocycles. The van der Waals surface area contributed by atoms with Crippen LogP contribution in [0.2, 0.25) is 0 Å². The molecule has 5 nitrogen and oxygen atoms in total. The molecular weight excluding hydrogens is 274 g/mol. The number of nitrogens with zero attached hydrogens (tertiary/aromatic N) is 1. The number of rotatable bonds is 6. The fourth-order valence-corrected chi connectivity index (χ4v) is 3.37. The largest absolute Gasteiger partial charge is 0.379 e. The fraction of sp³-hybridized carbons (Fsp3) is 0.643. The molecule has 0 bridgehead atoms. The van der Waals surface area contributed by atoms with Gasteiger partial charge >= 0.3 is 0 Å². The van der Waals surface area contributed by atoms with Gasteiger partial charge in [0.25, 0.3) is 0 Å². The number of thiophene rings is 1. The summed E-state index contributed by atoms with van der Waals surface area (Å²) < 4.78 is 5.38. The van der Waals surface area contributed by atoms with Gasteiger partial charge in [0.05, 0.1) is 25.2 Å². The average Bonchev–Trinajstić information content (AvgIpc) is 3.09. The second-order valence-electron chi connectivity index (χ2n) is 5.28. The molecular formula is C14H23N3O2S. The van der Waals surface area contributed by atoms with E-state index in [2.05, 4.69) is 27.0 Å². The van der Waals surface area contributed by atoms with E-state index in [-0.39, 0.29) is 23.9 Å². The van der Waals surface area contributed by atoms with Crippen LogP contribution < -0.4 is 10.6 Å². The number of carbonyl (C=O) groups excluding carboxylic acids is 1. The number of hydrogen-bond donors (Lipinski definition) is 2. The molecule has 0 aliphatic carbocycles. The molecule has 1 amide bonds. The Kier molecular flexibility index (Phi) is 5.54. The normalized spacial score (nSPS) is 24.0. The highest BCUT2D eigenvalue weighted by Crippen LogP contribution is 2.22. The first-order valence-electron chi connectivity index (χ1n) is 6.86. The third-order valence-corrected chi connectivity index (χ3v) is 4.73. The maximum atomic E-state index is 12.3. The van der Waals surface area contributed by atoms with E-state index >= 15 is 0 Å². The minimum absolute atomic E-state index is 0.0743. The summed E-state index contributed by atoms with van der Waals surface area (Å²) in [5.41, 5.74) is 0. The summed E-state index contributed by atoms with van der Waals surface area (Å²) in [5.74, 6) is -0.0172. The molecule has 3 unspecified atom stereocenters. The van der Waals surface area contributed by atoms with Gasteiger partial charge in [-0.05, 0) is 32.6 Å². The molecule has 0 saturated carbocycles. The van der Waals surface area contributed by atoms with Gasteiger partial charge in [-0.15, -0.1) is 11.3 Å². The van der Waals surface area contributed by atoms with E-state index < -0.39 is 0 Å². The Balaban J connectivity index is 1.91. The third-order valence-electron chi connectivity index (χ3n) is 3.75. The zero-order chi connectivity index (χ0) is 14.5. The summed E-state index contributed by atoms with van der Waals surface area (Å²) in [7, 11) is 5.94. The first kappa shape index (κ1) is 15.4. The maximum Gasteiger partial charge on any atom is 0.227 e. The Labute approximate surface area is 124 Å². The van der Waals surface area contributed by atoms with E-state index in [4.69, 9.17) is 4.74 Å². The first-order chi connectivity index (χ1) is 9.63. The summed E-state index contributed by atoms with van der Waals surface area (Å²) in [6.07, 6.45) is 0. The number of hydrogen-bond acceptors (Lipinski definition) is 5. The van der Waals surface area contributed by atoms with Gasteiger partial charge in [0, 0.05) is 17.5 Å². The van der Waals surface area contributed by atoms with Gasteiger partial charge in [0.15, 0.2) is 0 Å². The lowest BCUT2D eigenvalue weighted by Gasteiger charge is -2.25. The van der Waals surface area contributed by atoms with Crippen molar-refractivity contribution >= 4 is 17.2 Å². The van der Waals surface area contributed by atoms with Gasteiger partial charge in [-0.1, -0.05) is 6.07 Å². The molecule has 0 spiro atoms. The van der Waals surface area contributed by atoms with Crippen molar-refractivity contribution in [3.63, 3.8) is 0 Å². The van der Waals surface area contributed by atoms with E-state index in [1.165, 1.54) is 4.88 Å². The number of amides is 1. The van der Waals surface area contributed by atoms with Crippen LogP contribution in [-0.2, 0) is 9.53 Å². The molecule has 0 radical (unpaired) electrons. The summed E-state index contributed by atoms with van der Waals surface area (Å²) in [6.45, 7) is 1.73. The topological polar surface area (TPSA) is 53.6 Å². The molecule has 6 heteroatoms. The second-order valence-corrected chi connectivity index (χ2v) is 6.26. The van der Waals surface area contributed by atoms with Crippen molar-refractivity contribution in [2.75, 3.05) is 40.9 Å². The SMILES string of the molecule is CNC1COCC1C(=O)NCC(c1cccs1)N(C)C. The van der Waals surface area contributed by atoms with Crippen molar-refractivity contribution in [1.29, 1.82) is 0 Å². The molecule has 2 N–H and O–H groups in total. The summed E-state index contributed by atoms with van der Waals surface area (Å²) in [5, 5.41) is 8.27. The van der Waals surface area contributed by atoms with Crippen LogP contribution in [0.1, 0.15) is 10.9 Å². The standard InChI is InChI=1S/C14H23N3O2S/c1-15-11-9-19-8-10(11)14(18)16-7-12(17(2)3)13-5-4-6-20-13/h4-6,10-12,15H,7-9H2,1-3H3,(H,16,18). The lowest BCUT2D eigenvalue weighted by molar-refractivity contribution is -0.125. The van der Waals surface area contributed by atoms with E-state index in [0.29, 0.717) is 19.8 Å². The van der Waals surface area contributed by atoms with Crippen LogP contribution >= 0.6 is 11.3 Å². The van der Waals surface area contributed by atoms with Crippen LogP contribution in [0.4, 0.5) is 0 Å². The minimum atomic E-state index is -0.0915. The Morgan fingerprint density at radius 2 is 2.35 bits per heavy atom. The number of ether oxygens (including phenoxy) is 1. The van der Waals surface area contributed by atoms with Crippen LogP contribution in [-0.4, -0.2) is 57.8 Å². The van der Waals surface area contributed by atoms with Gasteiger partial charge in [-0.3, -0.25) is 4.79 Å². The molecule has 1 aromatic heterocycles. The smallest absolute Gasteiger partial charge is 0.227 e. The molecule has 2 rings (SSSR count). The number of nitrogens with one attached hydrogen (secondary N) is 2. The lowest BCUT2D eigenvalue weighted by Crippen LogP contribution is -2.44. The van der Waals surface area contributed by atoms with Gasteiger partial charge in [0.2, 0.25) is 5.91 Å². The molecule has 1 aliphatic heterocycles. The average molecular weight is 297 g/mol. The van der Waals surface area contributed by atoms with Crippen LogP contribution in [0.25, 0.3) is 0 Å². The lowest BCUT2D eigenvalue weighted by atomic mass is 10.0. The van der Waals surface area contributed by atoms with E-state index in [0.717, 1.165) is 0 Å².